The van der Waals surface area contributed by atoms with E-state index in [4.69, 9.17) is 0 Å². The molecule has 0 saturated heterocycles. The van der Waals surface area contributed by atoms with Gasteiger partial charge in [-0.25, -0.2) is 0 Å². The van der Waals surface area contributed by atoms with Gasteiger partial charge in [-0.15, -0.1) is 11.3 Å². The van der Waals surface area contributed by atoms with Crippen LogP contribution in [-0.2, 0) is 5.41 Å². The Balaban J connectivity index is 1.10. The maximum Gasteiger partial charge on any atom is 0.0714 e. The van der Waals surface area contributed by atoms with Crippen LogP contribution in [0.15, 0.2) is 236 Å². The number of anilines is 3. The average molecular weight is 798 g/mol. The van der Waals surface area contributed by atoms with Gasteiger partial charge in [-0.3, -0.25) is 0 Å². The number of hydrogen-bond acceptors (Lipinski definition) is 2. The van der Waals surface area contributed by atoms with Crippen LogP contribution in [0.3, 0.4) is 0 Å². The van der Waals surface area contributed by atoms with E-state index in [2.05, 4.69) is 170 Å². The predicted molar refractivity (Wildman–Crippen MR) is 260 cm³/mol. The largest absolute Gasteiger partial charge is 0.310 e. The fourth-order valence-corrected chi connectivity index (χ4v) is 11.0. The van der Waals surface area contributed by atoms with Gasteiger partial charge in [0, 0.05) is 37.2 Å². The van der Waals surface area contributed by atoms with Crippen molar-refractivity contribution in [3.05, 3.63) is 259 Å². The van der Waals surface area contributed by atoms with Crippen LogP contribution in [0.25, 0.3) is 64.3 Å². The van der Waals surface area contributed by atoms with Crippen molar-refractivity contribution in [1.82, 2.24) is 0 Å². The zero-order valence-electron chi connectivity index (χ0n) is 37.1. The summed E-state index contributed by atoms with van der Waals surface area (Å²) >= 11 is 1.80. The molecule has 11 aromatic rings. The van der Waals surface area contributed by atoms with Crippen molar-refractivity contribution in [2.45, 2.75) is 5.41 Å². The van der Waals surface area contributed by atoms with E-state index in [9.17, 15) is 5.48 Å². The second kappa shape index (κ2) is 14.3. The first-order chi connectivity index (χ1) is 31.9. The first-order valence-corrected chi connectivity index (χ1v) is 21.5. The van der Waals surface area contributed by atoms with Crippen LogP contribution < -0.4 is 4.90 Å². The second-order valence-electron chi connectivity index (χ2n) is 15.7. The first kappa shape index (κ1) is 31.4. The second-order valence-corrected chi connectivity index (χ2v) is 16.7. The zero-order valence-corrected chi connectivity index (χ0v) is 33.9. The highest BCUT2D eigenvalue weighted by atomic mass is 32.1. The lowest BCUT2D eigenvalue weighted by Crippen LogP contribution is -2.28. The van der Waals surface area contributed by atoms with Crippen molar-refractivity contribution in [3.8, 4) is 33.4 Å². The molecule has 0 radical (unpaired) electrons. The number of benzene rings is 10. The summed E-state index contributed by atoms with van der Waals surface area (Å²) in [6.45, 7) is 0. The molecule has 0 unspecified atom stereocenters. The fraction of sp³-hybridized carbons (Fsp3) is 0.0169. The van der Waals surface area contributed by atoms with Gasteiger partial charge in [-0.05, 0) is 109 Å². The maximum atomic E-state index is 9.85. The zero-order chi connectivity index (χ0) is 43.8. The minimum absolute atomic E-state index is 0.0908. The number of rotatable bonds is 7. The smallest absolute Gasteiger partial charge is 0.0714 e. The predicted octanol–water partition coefficient (Wildman–Crippen LogP) is 16.4. The lowest BCUT2D eigenvalue weighted by molar-refractivity contribution is 0.768. The minimum atomic E-state index is -0.685. The van der Waals surface area contributed by atoms with Crippen molar-refractivity contribution in [2.24, 2.45) is 0 Å². The van der Waals surface area contributed by atoms with E-state index in [1.54, 1.807) is 11.3 Å². The molecule has 0 spiro atoms. The Morgan fingerprint density at radius 1 is 0.377 bits per heavy atom. The molecule has 12 rings (SSSR count). The Morgan fingerprint density at radius 3 is 1.74 bits per heavy atom. The highest BCUT2D eigenvalue weighted by Crippen LogP contribution is 2.57. The van der Waals surface area contributed by atoms with E-state index < -0.39 is 5.41 Å². The summed E-state index contributed by atoms with van der Waals surface area (Å²) in [4.78, 5) is 1.93. The number of thiophene rings is 1. The Labute approximate surface area is 365 Å². The molecule has 1 aliphatic carbocycles. The monoisotopic (exact) mass is 797 g/mol. The Bertz CT molecular complexity index is 3580. The molecule has 0 bridgehead atoms. The van der Waals surface area contributed by atoms with Crippen LogP contribution >= 0.6 is 11.3 Å². The normalized spacial score (nSPS) is 13.6. The van der Waals surface area contributed by atoms with Gasteiger partial charge in [0.15, 0.2) is 0 Å². The summed E-state index contributed by atoms with van der Waals surface area (Å²) in [6.07, 6.45) is 0. The van der Waals surface area contributed by atoms with Gasteiger partial charge in [0.1, 0.15) is 0 Å². The molecule has 61 heavy (non-hydrogen) atoms. The van der Waals surface area contributed by atoms with Crippen molar-refractivity contribution in [1.29, 1.82) is 0 Å². The van der Waals surface area contributed by atoms with Gasteiger partial charge in [0.2, 0.25) is 0 Å². The maximum absolute atomic E-state index is 9.85. The Kier molecular flexibility index (Phi) is 7.38. The van der Waals surface area contributed by atoms with E-state index >= 15 is 0 Å². The van der Waals surface area contributed by atoms with E-state index in [0.717, 1.165) is 61.1 Å². The molecular weight excluding hydrogens is 755 g/mol. The summed E-state index contributed by atoms with van der Waals surface area (Å²) in [7, 11) is 0. The Morgan fingerprint density at radius 2 is 0.951 bits per heavy atom. The van der Waals surface area contributed by atoms with Gasteiger partial charge in [-0.2, -0.15) is 0 Å². The molecule has 286 valence electrons. The van der Waals surface area contributed by atoms with E-state index in [0.29, 0.717) is 5.56 Å². The van der Waals surface area contributed by atoms with Gasteiger partial charge in [0.25, 0.3) is 0 Å². The number of nitrogens with zero attached hydrogens (tertiary/aromatic N) is 1. The molecule has 1 heterocycles. The summed E-state index contributed by atoms with van der Waals surface area (Å²) in [5.74, 6) is 0. The summed E-state index contributed by atoms with van der Waals surface area (Å²) in [6, 6.07) is 73.0. The quantitative estimate of drug-likeness (QED) is 0.155. The van der Waals surface area contributed by atoms with Gasteiger partial charge < -0.3 is 4.90 Å². The molecule has 0 fully saturated rings. The molecule has 10 aromatic carbocycles. The number of hydrogen-bond donors (Lipinski definition) is 0. The molecule has 2 heteroatoms. The SMILES string of the molecule is [2H]c1c([2H])c(N(c2ccc(-c3cccc4c3sc3ccccc34)cc2)c2ccc3c(c2)C(c2ccccc2)(c2ccccc2)c2ccccc2-3)c([2H])c([2H])c1-c1cccc2ccccc12. The highest BCUT2D eigenvalue weighted by molar-refractivity contribution is 7.26. The van der Waals surface area contributed by atoms with E-state index in [1.807, 2.05) is 47.4 Å². The van der Waals surface area contributed by atoms with Crippen molar-refractivity contribution < 1.29 is 5.48 Å². The van der Waals surface area contributed by atoms with Crippen molar-refractivity contribution >= 4 is 59.3 Å². The standard InChI is InChI=1S/C59H39NS/c1-3-17-43(18-4-1)59(44-19-5-2-6-20-44)55-27-11-9-22-51(55)52-38-37-47(39-56(52)59)60(45-33-29-41(30-34-45)49-24-13-16-40-15-7-8-21-48(40)49)46-35-31-42(32-36-46)50-25-14-26-54-53-23-10-12-28-57(53)61-58(50)54/h1-39H/i29D,30D,33D,34D. The molecule has 1 aliphatic rings. The molecular formula is C59H39NS. The van der Waals surface area contributed by atoms with Crippen molar-refractivity contribution in [2.75, 3.05) is 4.90 Å². The van der Waals surface area contributed by atoms with Crippen molar-refractivity contribution in [3.63, 3.8) is 0 Å². The first-order valence-electron chi connectivity index (χ1n) is 22.7. The van der Waals surface area contributed by atoms with Crippen LogP contribution in [0.2, 0.25) is 0 Å². The Hall–Kier alpha value is -7.52. The molecule has 1 nitrogen and oxygen atoms in total. The number of fused-ring (bicyclic) bond motifs is 7. The third-order valence-corrected chi connectivity index (χ3v) is 13.7. The van der Waals surface area contributed by atoms with Gasteiger partial charge >= 0.3 is 0 Å². The van der Waals surface area contributed by atoms with Gasteiger partial charge in [-0.1, -0.05) is 194 Å². The third kappa shape index (κ3) is 5.60. The van der Waals surface area contributed by atoms with Crippen LogP contribution in [0.4, 0.5) is 17.1 Å². The molecule has 0 amide bonds. The highest BCUT2D eigenvalue weighted by Gasteiger charge is 2.46. The molecule has 0 N–H and O–H groups in total. The lowest BCUT2D eigenvalue weighted by atomic mass is 9.67. The summed E-state index contributed by atoms with van der Waals surface area (Å²) in [5.41, 5.74) is 10.9. The average Bonchev–Trinajstić information content (AvgIpc) is 3.89. The minimum Gasteiger partial charge on any atom is -0.310 e. The molecule has 0 saturated carbocycles. The summed E-state index contributed by atoms with van der Waals surface area (Å²) < 4.78 is 41.5. The van der Waals surface area contributed by atoms with E-state index in [1.165, 1.54) is 25.7 Å². The van der Waals surface area contributed by atoms with E-state index in [-0.39, 0.29) is 35.4 Å². The van der Waals surface area contributed by atoms with Crippen LogP contribution in [-0.4, -0.2) is 0 Å². The molecule has 1 aromatic heterocycles. The molecule has 0 aliphatic heterocycles. The van der Waals surface area contributed by atoms with Crippen LogP contribution in [0.1, 0.15) is 27.7 Å². The van der Waals surface area contributed by atoms with Gasteiger partial charge in [0.05, 0.1) is 10.9 Å². The lowest BCUT2D eigenvalue weighted by Gasteiger charge is -2.35. The fourth-order valence-electron chi connectivity index (χ4n) is 9.74. The van der Waals surface area contributed by atoms with Crippen LogP contribution in [0.5, 0.6) is 0 Å². The summed E-state index contributed by atoms with van der Waals surface area (Å²) in [5, 5.41) is 4.32. The third-order valence-electron chi connectivity index (χ3n) is 12.4. The van der Waals surface area contributed by atoms with Crippen LogP contribution in [0, 0.1) is 0 Å². The topological polar surface area (TPSA) is 3.24 Å². The molecule has 0 atom stereocenters.